The molecule has 1 aromatic rings. The number of benzene rings is 1. The highest BCUT2D eigenvalue weighted by molar-refractivity contribution is 5.32. The molecule has 2 rings (SSSR count). The Morgan fingerprint density at radius 3 is 2.52 bits per heavy atom. The van der Waals surface area contributed by atoms with Gasteiger partial charge < -0.3 is 10.2 Å². The third-order valence-corrected chi connectivity index (χ3v) is 4.44. The standard InChI is InChI=1S/C18H27N3/c1-3-4-11-21-12-9-18(10-13-21)20-15(2)17-7-5-16(14-19)6-8-17/h5-8,15,18,20H,3-4,9-13H2,1-2H3. The Labute approximate surface area is 129 Å². The second-order valence-corrected chi connectivity index (χ2v) is 6.09. The Bertz CT molecular complexity index is 452. The second-order valence-electron chi connectivity index (χ2n) is 6.09. The van der Waals surface area contributed by atoms with Gasteiger partial charge in [-0.15, -0.1) is 0 Å². The van der Waals surface area contributed by atoms with E-state index in [0.29, 0.717) is 12.1 Å². The van der Waals surface area contributed by atoms with Crippen molar-refractivity contribution in [3.05, 3.63) is 35.4 Å². The number of likely N-dealkylation sites (tertiary alicyclic amines) is 1. The first kappa shape index (κ1) is 16.0. The summed E-state index contributed by atoms with van der Waals surface area (Å²) in [6.45, 7) is 8.17. The van der Waals surface area contributed by atoms with E-state index < -0.39 is 0 Å². The van der Waals surface area contributed by atoms with Gasteiger partial charge in [0.2, 0.25) is 0 Å². The number of unbranched alkanes of at least 4 members (excludes halogenated alkanes) is 1. The van der Waals surface area contributed by atoms with Crippen LogP contribution in [0.4, 0.5) is 0 Å². The van der Waals surface area contributed by atoms with E-state index in [0.717, 1.165) is 5.56 Å². The average molecular weight is 285 g/mol. The second kappa shape index (κ2) is 8.17. The quantitative estimate of drug-likeness (QED) is 0.870. The van der Waals surface area contributed by atoms with E-state index in [-0.39, 0.29) is 0 Å². The van der Waals surface area contributed by atoms with Crippen LogP contribution in [0.25, 0.3) is 0 Å². The minimum atomic E-state index is 0.352. The lowest BCUT2D eigenvalue weighted by molar-refractivity contribution is 0.190. The highest BCUT2D eigenvalue weighted by atomic mass is 15.1. The normalized spacial score (nSPS) is 18.3. The SMILES string of the molecule is CCCCN1CCC(NC(C)c2ccc(C#N)cc2)CC1. The Morgan fingerprint density at radius 1 is 1.29 bits per heavy atom. The molecule has 1 N–H and O–H groups in total. The van der Waals surface area contributed by atoms with Crippen molar-refractivity contribution in [2.45, 2.75) is 51.6 Å². The van der Waals surface area contributed by atoms with Crippen LogP contribution in [-0.4, -0.2) is 30.6 Å². The molecule has 1 fully saturated rings. The van der Waals surface area contributed by atoms with Crippen LogP contribution < -0.4 is 5.32 Å². The highest BCUT2D eigenvalue weighted by Crippen LogP contribution is 2.18. The lowest BCUT2D eigenvalue weighted by Crippen LogP contribution is -2.43. The van der Waals surface area contributed by atoms with Gasteiger partial charge in [-0.3, -0.25) is 0 Å². The van der Waals surface area contributed by atoms with E-state index in [1.54, 1.807) is 0 Å². The summed E-state index contributed by atoms with van der Waals surface area (Å²) < 4.78 is 0. The van der Waals surface area contributed by atoms with Crippen LogP contribution >= 0.6 is 0 Å². The van der Waals surface area contributed by atoms with Crippen LogP contribution in [0.1, 0.15) is 56.7 Å². The fourth-order valence-corrected chi connectivity index (χ4v) is 3.00. The van der Waals surface area contributed by atoms with Crippen LogP contribution in [0.15, 0.2) is 24.3 Å². The molecule has 0 aliphatic carbocycles. The smallest absolute Gasteiger partial charge is 0.0991 e. The van der Waals surface area contributed by atoms with Gasteiger partial charge in [0.25, 0.3) is 0 Å². The van der Waals surface area contributed by atoms with Gasteiger partial charge >= 0.3 is 0 Å². The number of nitrogens with one attached hydrogen (secondary N) is 1. The predicted molar refractivity (Wildman–Crippen MR) is 87.1 cm³/mol. The van der Waals surface area contributed by atoms with E-state index in [1.807, 2.05) is 12.1 Å². The molecule has 1 aromatic carbocycles. The monoisotopic (exact) mass is 285 g/mol. The molecule has 114 valence electrons. The summed E-state index contributed by atoms with van der Waals surface area (Å²) >= 11 is 0. The van der Waals surface area contributed by atoms with Gasteiger partial charge in [-0.2, -0.15) is 5.26 Å². The molecule has 0 aromatic heterocycles. The number of piperidine rings is 1. The van der Waals surface area contributed by atoms with Gasteiger partial charge in [0.15, 0.2) is 0 Å². The van der Waals surface area contributed by atoms with E-state index in [1.165, 1.54) is 50.9 Å². The summed E-state index contributed by atoms with van der Waals surface area (Å²) in [5, 5.41) is 12.6. The summed E-state index contributed by atoms with van der Waals surface area (Å²) in [5.41, 5.74) is 2.00. The van der Waals surface area contributed by atoms with Crippen LogP contribution in [0.2, 0.25) is 0 Å². The Hall–Kier alpha value is -1.37. The van der Waals surface area contributed by atoms with Crippen LogP contribution in [-0.2, 0) is 0 Å². The van der Waals surface area contributed by atoms with Crippen molar-refractivity contribution in [2.75, 3.05) is 19.6 Å². The topological polar surface area (TPSA) is 39.1 Å². The first-order valence-electron chi connectivity index (χ1n) is 8.21. The van der Waals surface area contributed by atoms with Crippen molar-refractivity contribution in [3.8, 4) is 6.07 Å². The molecule has 0 bridgehead atoms. The third kappa shape index (κ3) is 4.84. The largest absolute Gasteiger partial charge is 0.307 e. The average Bonchev–Trinajstić information content (AvgIpc) is 2.54. The van der Waals surface area contributed by atoms with Crippen molar-refractivity contribution in [1.29, 1.82) is 5.26 Å². The zero-order valence-corrected chi connectivity index (χ0v) is 13.3. The minimum absolute atomic E-state index is 0.352. The molecule has 1 aliphatic heterocycles. The number of hydrogen-bond donors (Lipinski definition) is 1. The zero-order chi connectivity index (χ0) is 15.1. The van der Waals surface area contributed by atoms with Gasteiger partial charge in [-0.05, 0) is 63.5 Å². The predicted octanol–water partition coefficient (Wildman–Crippen LogP) is 3.47. The summed E-state index contributed by atoms with van der Waals surface area (Å²) in [7, 11) is 0. The Balaban J connectivity index is 1.78. The van der Waals surface area contributed by atoms with Crippen LogP contribution in [0, 0.1) is 11.3 Å². The lowest BCUT2D eigenvalue weighted by Gasteiger charge is -2.34. The van der Waals surface area contributed by atoms with Crippen molar-refractivity contribution in [1.82, 2.24) is 10.2 Å². The van der Waals surface area contributed by atoms with Gasteiger partial charge in [0, 0.05) is 12.1 Å². The molecule has 3 heteroatoms. The molecule has 0 spiro atoms. The van der Waals surface area contributed by atoms with Crippen LogP contribution in [0.3, 0.4) is 0 Å². The molecule has 0 radical (unpaired) electrons. The molecule has 1 aliphatic rings. The fourth-order valence-electron chi connectivity index (χ4n) is 3.00. The number of nitrogens with zero attached hydrogens (tertiary/aromatic N) is 2. The van der Waals surface area contributed by atoms with Crippen molar-refractivity contribution < 1.29 is 0 Å². The maximum absolute atomic E-state index is 8.84. The molecular weight excluding hydrogens is 258 g/mol. The summed E-state index contributed by atoms with van der Waals surface area (Å²) in [6, 6.07) is 11.1. The van der Waals surface area contributed by atoms with Gasteiger partial charge in [-0.25, -0.2) is 0 Å². The van der Waals surface area contributed by atoms with E-state index in [9.17, 15) is 0 Å². The number of nitriles is 1. The van der Waals surface area contributed by atoms with E-state index >= 15 is 0 Å². The van der Waals surface area contributed by atoms with Gasteiger partial charge in [0.1, 0.15) is 0 Å². The van der Waals surface area contributed by atoms with Crippen molar-refractivity contribution in [2.24, 2.45) is 0 Å². The lowest BCUT2D eigenvalue weighted by atomic mass is 10.0. The molecule has 1 unspecified atom stereocenters. The van der Waals surface area contributed by atoms with Gasteiger partial charge in [-0.1, -0.05) is 25.5 Å². The highest BCUT2D eigenvalue weighted by Gasteiger charge is 2.20. The molecule has 1 heterocycles. The first-order valence-corrected chi connectivity index (χ1v) is 8.21. The Kier molecular flexibility index (Phi) is 6.22. The van der Waals surface area contributed by atoms with Crippen molar-refractivity contribution >= 4 is 0 Å². The molecule has 1 saturated heterocycles. The van der Waals surface area contributed by atoms with E-state index in [2.05, 4.69) is 42.3 Å². The molecule has 1 atom stereocenters. The van der Waals surface area contributed by atoms with E-state index in [4.69, 9.17) is 5.26 Å². The molecule has 21 heavy (non-hydrogen) atoms. The fraction of sp³-hybridized carbons (Fsp3) is 0.611. The number of rotatable bonds is 6. The Morgan fingerprint density at radius 2 is 1.95 bits per heavy atom. The van der Waals surface area contributed by atoms with Crippen LogP contribution in [0.5, 0.6) is 0 Å². The zero-order valence-electron chi connectivity index (χ0n) is 13.3. The summed E-state index contributed by atoms with van der Waals surface area (Å²) in [6.07, 6.45) is 5.09. The first-order chi connectivity index (χ1) is 10.2. The van der Waals surface area contributed by atoms with Crippen molar-refractivity contribution in [3.63, 3.8) is 0 Å². The number of hydrogen-bond acceptors (Lipinski definition) is 3. The maximum Gasteiger partial charge on any atom is 0.0991 e. The maximum atomic E-state index is 8.84. The molecule has 0 amide bonds. The third-order valence-electron chi connectivity index (χ3n) is 4.44. The molecule has 3 nitrogen and oxygen atoms in total. The minimum Gasteiger partial charge on any atom is -0.307 e. The van der Waals surface area contributed by atoms with Gasteiger partial charge in [0.05, 0.1) is 11.6 Å². The molecular formula is C18H27N3. The summed E-state index contributed by atoms with van der Waals surface area (Å²) in [4.78, 5) is 2.59. The molecule has 0 saturated carbocycles. The summed E-state index contributed by atoms with van der Waals surface area (Å²) in [5.74, 6) is 0.